The number of methoxy groups -OCH3 is 1. The van der Waals surface area contributed by atoms with Crippen molar-refractivity contribution in [3.05, 3.63) is 53.1 Å². The molecule has 4 N–H and O–H groups in total. The van der Waals surface area contributed by atoms with Gasteiger partial charge in [-0.1, -0.05) is 12.1 Å². The summed E-state index contributed by atoms with van der Waals surface area (Å²) in [6.07, 6.45) is 0. The fourth-order valence-electron chi connectivity index (χ4n) is 3.74. The first-order chi connectivity index (χ1) is 11.8. The second-order valence-electron chi connectivity index (χ2n) is 6.14. The van der Waals surface area contributed by atoms with Gasteiger partial charge in [0.05, 0.1) is 12.7 Å². The molecule has 7 heteroatoms. The van der Waals surface area contributed by atoms with E-state index in [1.54, 1.807) is 36.4 Å². The molecule has 1 aliphatic heterocycles. The third-order valence-corrected chi connectivity index (χ3v) is 4.75. The Labute approximate surface area is 143 Å². The minimum atomic E-state index is -2.09. The number of ether oxygens (including phenoxy) is 2. The number of benzene rings is 2. The summed E-state index contributed by atoms with van der Waals surface area (Å²) in [7, 11) is 1.50. The van der Waals surface area contributed by atoms with Crippen molar-refractivity contribution in [3.8, 4) is 11.5 Å². The van der Waals surface area contributed by atoms with Crippen molar-refractivity contribution in [2.45, 2.75) is 18.2 Å². The zero-order chi connectivity index (χ0) is 18.0. The molecule has 0 spiro atoms. The van der Waals surface area contributed by atoms with E-state index in [0.29, 0.717) is 11.3 Å². The standard InChI is InChI=1S/C18H16N2O5/c1-9(21)20-17-11-7-6-10(24-2)8-14(11)25-18(17,23)12-4-3-5-13(19)15(12)16(17)22/h3-8,23H,19H2,1-2H3,(H,20,21). The van der Waals surface area contributed by atoms with Crippen LogP contribution in [-0.4, -0.2) is 23.9 Å². The molecule has 7 nitrogen and oxygen atoms in total. The first-order valence-electron chi connectivity index (χ1n) is 7.67. The monoisotopic (exact) mass is 340 g/mol. The van der Waals surface area contributed by atoms with E-state index in [1.807, 2.05) is 0 Å². The zero-order valence-electron chi connectivity index (χ0n) is 13.6. The lowest BCUT2D eigenvalue weighted by atomic mass is 9.83. The number of rotatable bonds is 2. The van der Waals surface area contributed by atoms with E-state index in [9.17, 15) is 14.7 Å². The molecule has 1 amide bonds. The lowest BCUT2D eigenvalue weighted by Gasteiger charge is -2.34. The topological polar surface area (TPSA) is 111 Å². The first-order valence-corrected chi connectivity index (χ1v) is 7.67. The molecule has 2 unspecified atom stereocenters. The van der Waals surface area contributed by atoms with Crippen LogP contribution in [0.5, 0.6) is 11.5 Å². The number of amides is 1. The van der Waals surface area contributed by atoms with Gasteiger partial charge in [0.15, 0.2) is 0 Å². The normalized spacial score (nSPS) is 25.6. The highest BCUT2D eigenvalue weighted by Crippen LogP contribution is 2.59. The van der Waals surface area contributed by atoms with Gasteiger partial charge in [-0.05, 0) is 18.2 Å². The third-order valence-electron chi connectivity index (χ3n) is 4.75. The maximum Gasteiger partial charge on any atom is 0.271 e. The maximum absolute atomic E-state index is 13.3. The molecule has 0 saturated carbocycles. The van der Waals surface area contributed by atoms with Crippen LogP contribution in [0, 0.1) is 0 Å². The van der Waals surface area contributed by atoms with Gasteiger partial charge in [-0.3, -0.25) is 9.59 Å². The fourth-order valence-corrected chi connectivity index (χ4v) is 3.74. The van der Waals surface area contributed by atoms with Crippen molar-refractivity contribution in [1.82, 2.24) is 5.32 Å². The summed E-state index contributed by atoms with van der Waals surface area (Å²) >= 11 is 0. The molecule has 0 fully saturated rings. The quantitative estimate of drug-likeness (QED) is 0.705. The minimum absolute atomic E-state index is 0.153. The van der Waals surface area contributed by atoms with Crippen molar-refractivity contribution in [2.24, 2.45) is 0 Å². The van der Waals surface area contributed by atoms with Gasteiger partial charge in [-0.2, -0.15) is 0 Å². The summed E-state index contributed by atoms with van der Waals surface area (Å²) in [5.74, 6) is -2.32. The Hall–Kier alpha value is -3.06. The summed E-state index contributed by atoms with van der Waals surface area (Å²) in [6, 6.07) is 9.55. The number of ketones is 1. The number of Topliss-reactive ketones (excluding diaryl/α,β-unsaturated/α-hetero) is 1. The lowest BCUT2D eigenvalue weighted by Crippen LogP contribution is -2.59. The Morgan fingerprint density at radius 3 is 2.72 bits per heavy atom. The van der Waals surface area contributed by atoms with E-state index in [0.717, 1.165) is 0 Å². The number of nitrogens with two attached hydrogens (primary N) is 1. The Morgan fingerprint density at radius 1 is 1.28 bits per heavy atom. The summed E-state index contributed by atoms with van der Waals surface area (Å²) in [5.41, 5.74) is 5.11. The molecular formula is C18H16N2O5. The molecule has 2 aromatic rings. The Bertz CT molecular complexity index is 941. The van der Waals surface area contributed by atoms with Gasteiger partial charge >= 0.3 is 0 Å². The van der Waals surface area contributed by atoms with Gasteiger partial charge in [-0.25, -0.2) is 0 Å². The number of carbonyl (C=O) groups is 2. The van der Waals surface area contributed by atoms with Crippen LogP contribution >= 0.6 is 0 Å². The molecule has 0 radical (unpaired) electrons. The molecule has 1 aliphatic carbocycles. The van der Waals surface area contributed by atoms with Crippen LogP contribution in [0.4, 0.5) is 5.69 Å². The molecule has 25 heavy (non-hydrogen) atoms. The van der Waals surface area contributed by atoms with Gasteiger partial charge in [0.25, 0.3) is 5.79 Å². The van der Waals surface area contributed by atoms with Gasteiger partial charge in [-0.15, -0.1) is 0 Å². The number of hydrogen-bond donors (Lipinski definition) is 3. The average Bonchev–Trinajstić information content (AvgIpc) is 2.92. The van der Waals surface area contributed by atoms with Crippen molar-refractivity contribution in [1.29, 1.82) is 0 Å². The summed E-state index contributed by atoms with van der Waals surface area (Å²) in [5, 5.41) is 14.0. The van der Waals surface area contributed by atoms with E-state index >= 15 is 0 Å². The predicted molar refractivity (Wildman–Crippen MR) is 88.2 cm³/mol. The number of nitrogen functional groups attached to an aromatic ring is 1. The molecule has 2 aromatic carbocycles. The summed E-state index contributed by atoms with van der Waals surface area (Å²) < 4.78 is 11.0. The number of fused-ring (bicyclic) bond motifs is 5. The summed E-state index contributed by atoms with van der Waals surface area (Å²) in [6.45, 7) is 1.27. The molecular weight excluding hydrogens is 324 g/mol. The van der Waals surface area contributed by atoms with Crippen molar-refractivity contribution in [3.63, 3.8) is 0 Å². The summed E-state index contributed by atoms with van der Waals surface area (Å²) in [4.78, 5) is 25.2. The molecule has 0 bridgehead atoms. The fraction of sp³-hybridized carbons (Fsp3) is 0.222. The van der Waals surface area contributed by atoms with Crippen LogP contribution in [-0.2, 0) is 16.1 Å². The third kappa shape index (κ3) is 1.68. The van der Waals surface area contributed by atoms with E-state index in [2.05, 4.69) is 5.32 Å². The van der Waals surface area contributed by atoms with Crippen LogP contribution in [0.25, 0.3) is 0 Å². The maximum atomic E-state index is 13.3. The van der Waals surface area contributed by atoms with Crippen molar-refractivity contribution >= 4 is 17.4 Å². The molecule has 128 valence electrons. The molecule has 2 aliphatic rings. The van der Waals surface area contributed by atoms with E-state index in [4.69, 9.17) is 15.2 Å². The van der Waals surface area contributed by atoms with Crippen molar-refractivity contribution in [2.75, 3.05) is 12.8 Å². The first kappa shape index (κ1) is 15.5. The van der Waals surface area contributed by atoms with Crippen LogP contribution in [0.2, 0.25) is 0 Å². The highest BCUT2D eigenvalue weighted by Gasteiger charge is 2.71. The molecule has 2 atom stereocenters. The SMILES string of the molecule is COc1ccc2c(c1)OC1(O)c3cccc(N)c3C(=O)C21NC(C)=O. The highest BCUT2D eigenvalue weighted by atomic mass is 16.6. The minimum Gasteiger partial charge on any atom is -0.497 e. The predicted octanol–water partition coefficient (Wildman–Crippen LogP) is 1.04. The van der Waals surface area contributed by atoms with Crippen LogP contribution in [0.3, 0.4) is 0 Å². The van der Waals surface area contributed by atoms with E-state index in [-0.39, 0.29) is 22.6 Å². The number of anilines is 1. The van der Waals surface area contributed by atoms with Gasteiger partial charge < -0.3 is 25.6 Å². The number of nitrogens with one attached hydrogen (secondary N) is 1. The number of carbonyl (C=O) groups excluding carboxylic acids is 2. The van der Waals surface area contributed by atoms with Crippen LogP contribution < -0.4 is 20.5 Å². The van der Waals surface area contributed by atoms with Crippen LogP contribution in [0.15, 0.2) is 36.4 Å². The Morgan fingerprint density at radius 2 is 2.04 bits per heavy atom. The van der Waals surface area contributed by atoms with Gasteiger partial charge in [0.2, 0.25) is 17.2 Å². The number of hydrogen-bond acceptors (Lipinski definition) is 6. The van der Waals surface area contributed by atoms with Gasteiger partial charge in [0, 0.05) is 29.8 Å². The molecule has 0 aromatic heterocycles. The van der Waals surface area contributed by atoms with E-state index < -0.39 is 23.0 Å². The second-order valence-corrected chi connectivity index (χ2v) is 6.14. The Balaban J connectivity index is 2.05. The highest BCUT2D eigenvalue weighted by molar-refractivity contribution is 6.15. The largest absolute Gasteiger partial charge is 0.497 e. The van der Waals surface area contributed by atoms with Crippen LogP contribution in [0.1, 0.15) is 28.4 Å². The lowest BCUT2D eigenvalue weighted by molar-refractivity contribution is -0.175. The van der Waals surface area contributed by atoms with E-state index in [1.165, 1.54) is 14.0 Å². The number of aliphatic hydroxyl groups is 1. The molecule has 0 saturated heterocycles. The molecule has 4 rings (SSSR count). The van der Waals surface area contributed by atoms with Gasteiger partial charge in [0.1, 0.15) is 11.5 Å². The molecule has 1 heterocycles. The zero-order valence-corrected chi connectivity index (χ0v) is 13.6. The van der Waals surface area contributed by atoms with Crippen molar-refractivity contribution < 1.29 is 24.2 Å². The average molecular weight is 340 g/mol. The second kappa shape index (κ2) is 4.73. The Kier molecular flexibility index (Phi) is 2.93. The smallest absolute Gasteiger partial charge is 0.271 e.